The SMILES string of the molecule is CCN1CCN(c2ccc3scnc3c2N)CC1C. The lowest BCUT2D eigenvalue weighted by molar-refractivity contribution is 0.199. The van der Waals surface area contributed by atoms with Crippen molar-refractivity contribution in [2.75, 3.05) is 36.8 Å². The Hall–Kier alpha value is -1.33. The van der Waals surface area contributed by atoms with Gasteiger partial charge in [-0.1, -0.05) is 6.92 Å². The topological polar surface area (TPSA) is 45.4 Å². The zero-order valence-electron chi connectivity index (χ0n) is 11.5. The lowest BCUT2D eigenvalue weighted by atomic mass is 10.1. The van der Waals surface area contributed by atoms with Crippen molar-refractivity contribution in [3.63, 3.8) is 0 Å². The molecule has 0 radical (unpaired) electrons. The molecule has 0 aliphatic carbocycles. The van der Waals surface area contributed by atoms with Crippen LogP contribution in [-0.4, -0.2) is 42.1 Å². The average molecular weight is 276 g/mol. The van der Waals surface area contributed by atoms with Gasteiger partial charge >= 0.3 is 0 Å². The van der Waals surface area contributed by atoms with Crippen LogP contribution in [0.2, 0.25) is 0 Å². The molecule has 1 saturated heterocycles. The summed E-state index contributed by atoms with van der Waals surface area (Å²) in [5.74, 6) is 0. The Morgan fingerprint density at radius 2 is 2.26 bits per heavy atom. The zero-order chi connectivity index (χ0) is 13.4. The van der Waals surface area contributed by atoms with E-state index in [1.54, 1.807) is 11.3 Å². The molecule has 4 nitrogen and oxygen atoms in total. The standard InChI is InChI=1S/C14H20N4S/c1-3-17-6-7-18(8-10(17)2)11-4-5-12-14(13(11)15)16-9-19-12/h4-5,9-10H,3,6-8,15H2,1-2H3. The van der Waals surface area contributed by atoms with E-state index in [9.17, 15) is 0 Å². The summed E-state index contributed by atoms with van der Waals surface area (Å²) in [5.41, 5.74) is 11.1. The second-order valence-electron chi connectivity index (χ2n) is 5.12. The molecule has 2 aromatic rings. The van der Waals surface area contributed by atoms with Crippen molar-refractivity contribution in [1.29, 1.82) is 0 Å². The fraction of sp³-hybridized carbons (Fsp3) is 0.500. The summed E-state index contributed by atoms with van der Waals surface area (Å²) in [5, 5.41) is 0. The molecule has 3 rings (SSSR count). The van der Waals surface area contributed by atoms with Crippen LogP contribution < -0.4 is 10.6 Å². The molecule has 1 aromatic carbocycles. The molecule has 0 spiro atoms. The van der Waals surface area contributed by atoms with Crippen molar-refractivity contribution in [1.82, 2.24) is 9.88 Å². The summed E-state index contributed by atoms with van der Waals surface area (Å²) in [6.45, 7) is 8.81. The minimum Gasteiger partial charge on any atom is -0.395 e. The van der Waals surface area contributed by atoms with Crippen molar-refractivity contribution in [3.05, 3.63) is 17.6 Å². The largest absolute Gasteiger partial charge is 0.395 e. The van der Waals surface area contributed by atoms with Gasteiger partial charge in [-0.2, -0.15) is 0 Å². The normalized spacial score (nSPS) is 21.2. The number of hydrogen-bond donors (Lipinski definition) is 1. The summed E-state index contributed by atoms with van der Waals surface area (Å²) >= 11 is 1.64. The lowest BCUT2D eigenvalue weighted by Crippen LogP contribution is -2.51. The Morgan fingerprint density at radius 3 is 3.00 bits per heavy atom. The number of likely N-dealkylation sites (N-methyl/N-ethyl adjacent to an activating group) is 1. The molecule has 5 heteroatoms. The van der Waals surface area contributed by atoms with Crippen LogP contribution in [0.15, 0.2) is 17.6 Å². The number of thiazole rings is 1. The number of nitrogens with two attached hydrogens (primary N) is 1. The first-order valence-corrected chi connectivity index (χ1v) is 7.69. The van der Waals surface area contributed by atoms with Gasteiger partial charge in [-0.05, 0) is 25.6 Å². The van der Waals surface area contributed by atoms with Gasteiger partial charge in [0.05, 0.1) is 21.6 Å². The number of piperazine rings is 1. The fourth-order valence-electron chi connectivity index (χ4n) is 2.90. The van der Waals surface area contributed by atoms with E-state index in [0.29, 0.717) is 6.04 Å². The van der Waals surface area contributed by atoms with Gasteiger partial charge < -0.3 is 10.6 Å². The van der Waals surface area contributed by atoms with Crippen molar-refractivity contribution in [2.45, 2.75) is 19.9 Å². The van der Waals surface area contributed by atoms with Crippen molar-refractivity contribution in [3.8, 4) is 0 Å². The van der Waals surface area contributed by atoms with E-state index < -0.39 is 0 Å². The molecule has 1 fully saturated rings. The average Bonchev–Trinajstić information content (AvgIpc) is 2.88. The molecular weight excluding hydrogens is 256 g/mol. The number of fused-ring (bicyclic) bond motifs is 1. The Bertz CT molecular complexity index is 580. The van der Waals surface area contributed by atoms with Crippen LogP contribution in [0, 0.1) is 0 Å². The summed E-state index contributed by atoms with van der Waals surface area (Å²) < 4.78 is 1.17. The van der Waals surface area contributed by atoms with Crippen LogP contribution in [0.3, 0.4) is 0 Å². The number of aromatic nitrogens is 1. The summed E-state index contributed by atoms with van der Waals surface area (Å²) in [7, 11) is 0. The van der Waals surface area contributed by atoms with E-state index in [1.807, 2.05) is 5.51 Å². The predicted molar refractivity (Wildman–Crippen MR) is 83.0 cm³/mol. The first kappa shape index (κ1) is 12.7. The highest BCUT2D eigenvalue weighted by Crippen LogP contribution is 2.33. The molecule has 1 unspecified atom stereocenters. The molecule has 19 heavy (non-hydrogen) atoms. The minimum absolute atomic E-state index is 0.573. The number of benzene rings is 1. The van der Waals surface area contributed by atoms with E-state index in [0.717, 1.165) is 43.1 Å². The van der Waals surface area contributed by atoms with Gasteiger partial charge in [0.1, 0.15) is 5.52 Å². The van der Waals surface area contributed by atoms with Crippen LogP contribution in [0.25, 0.3) is 10.2 Å². The van der Waals surface area contributed by atoms with E-state index in [-0.39, 0.29) is 0 Å². The zero-order valence-corrected chi connectivity index (χ0v) is 12.3. The summed E-state index contributed by atoms with van der Waals surface area (Å²) in [6.07, 6.45) is 0. The van der Waals surface area contributed by atoms with Crippen LogP contribution in [0.4, 0.5) is 11.4 Å². The highest BCUT2D eigenvalue weighted by atomic mass is 32.1. The molecule has 1 aliphatic rings. The van der Waals surface area contributed by atoms with Crippen LogP contribution in [-0.2, 0) is 0 Å². The quantitative estimate of drug-likeness (QED) is 0.856. The Balaban J connectivity index is 1.90. The predicted octanol–water partition coefficient (Wildman–Crippen LogP) is 2.41. The van der Waals surface area contributed by atoms with Crippen LogP contribution in [0.1, 0.15) is 13.8 Å². The van der Waals surface area contributed by atoms with Gasteiger partial charge in [0.25, 0.3) is 0 Å². The highest BCUT2D eigenvalue weighted by molar-refractivity contribution is 7.16. The third kappa shape index (κ3) is 2.17. The molecule has 1 aromatic heterocycles. The van der Waals surface area contributed by atoms with Gasteiger partial charge in [-0.25, -0.2) is 4.98 Å². The molecule has 2 heterocycles. The number of anilines is 2. The maximum absolute atomic E-state index is 6.30. The van der Waals surface area contributed by atoms with Crippen LogP contribution in [0.5, 0.6) is 0 Å². The van der Waals surface area contributed by atoms with Crippen molar-refractivity contribution in [2.24, 2.45) is 0 Å². The van der Waals surface area contributed by atoms with Gasteiger partial charge in [0.2, 0.25) is 0 Å². The van der Waals surface area contributed by atoms with Gasteiger partial charge in [-0.3, -0.25) is 4.90 Å². The summed E-state index contributed by atoms with van der Waals surface area (Å²) in [6, 6.07) is 4.85. The van der Waals surface area contributed by atoms with Gasteiger partial charge in [-0.15, -0.1) is 11.3 Å². The smallest absolute Gasteiger partial charge is 0.106 e. The van der Waals surface area contributed by atoms with Crippen molar-refractivity contribution < 1.29 is 0 Å². The number of nitrogen functional groups attached to an aromatic ring is 1. The van der Waals surface area contributed by atoms with Gasteiger partial charge in [0.15, 0.2) is 0 Å². The monoisotopic (exact) mass is 276 g/mol. The first-order chi connectivity index (χ1) is 9.20. The Kier molecular flexibility index (Phi) is 3.33. The maximum Gasteiger partial charge on any atom is 0.106 e. The molecular formula is C14H20N4S. The van der Waals surface area contributed by atoms with Crippen molar-refractivity contribution >= 4 is 32.9 Å². The molecule has 0 bridgehead atoms. The third-order valence-corrected chi connectivity index (χ3v) is 4.82. The molecule has 0 amide bonds. The van der Waals surface area contributed by atoms with E-state index in [4.69, 9.17) is 5.73 Å². The summed E-state index contributed by atoms with van der Waals surface area (Å²) in [4.78, 5) is 9.28. The molecule has 1 aliphatic heterocycles. The highest BCUT2D eigenvalue weighted by Gasteiger charge is 2.24. The Morgan fingerprint density at radius 1 is 1.42 bits per heavy atom. The second-order valence-corrected chi connectivity index (χ2v) is 6.01. The number of nitrogens with zero attached hydrogens (tertiary/aromatic N) is 3. The number of rotatable bonds is 2. The lowest BCUT2D eigenvalue weighted by Gasteiger charge is -2.40. The third-order valence-electron chi connectivity index (χ3n) is 4.03. The second kappa shape index (κ2) is 4.98. The first-order valence-electron chi connectivity index (χ1n) is 6.81. The minimum atomic E-state index is 0.573. The number of hydrogen-bond acceptors (Lipinski definition) is 5. The molecule has 1 atom stereocenters. The molecule has 0 saturated carbocycles. The fourth-order valence-corrected chi connectivity index (χ4v) is 3.59. The Labute approximate surface area is 117 Å². The van der Waals surface area contributed by atoms with E-state index >= 15 is 0 Å². The molecule has 102 valence electrons. The molecule has 2 N–H and O–H groups in total. The van der Waals surface area contributed by atoms with Gasteiger partial charge in [0, 0.05) is 25.7 Å². The maximum atomic E-state index is 6.30. The van der Waals surface area contributed by atoms with E-state index in [2.05, 4.69) is 40.8 Å². The van der Waals surface area contributed by atoms with E-state index in [1.165, 1.54) is 4.70 Å². The van der Waals surface area contributed by atoms with Crippen LogP contribution >= 0.6 is 11.3 Å².